The molecular formula is C14H14NNaO5S2. The van der Waals surface area contributed by atoms with E-state index in [2.05, 4.69) is 0 Å². The van der Waals surface area contributed by atoms with Crippen LogP contribution in [0.25, 0.3) is 0 Å². The van der Waals surface area contributed by atoms with Gasteiger partial charge < -0.3 is 18.9 Å². The number of ether oxygens (including phenoxy) is 2. The van der Waals surface area contributed by atoms with Crippen molar-refractivity contribution in [3.63, 3.8) is 0 Å². The number of hydrogen-bond donors (Lipinski definition) is 0. The Morgan fingerprint density at radius 3 is 2.83 bits per heavy atom. The zero-order valence-corrected chi connectivity index (χ0v) is 16.4. The smallest absolute Gasteiger partial charge is 0.744 e. The predicted molar refractivity (Wildman–Crippen MR) is 81.9 cm³/mol. The first-order chi connectivity index (χ1) is 10.4. The molecule has 2 aromatic rings. The number of likely N-dealkylation sites (N-methyl/N-ethyl adjacent to an activating group) is 1. The van der Waals surface area contributed by atoms with Crippen molar-refractivity contribution in [2.75, 3.05) is 25.1 Å². The van der Waals surface area contributed by atoms with Crippen molar-refractivity contribution in [1.82, 2.24) is 0 Å². The van der Waals surface area contributed by atoms with Crippen LogP contribution in [0.1, 0.15) is 0 Å². The minimum atomic E-state index is -4.46. The molecule has 1 unspecified atom stereocenters. The van der Waals surface area contributed by atoms with Crippen LogP contribution in [0.5, 0.6) is 11.5 Å². The summed E-state index contributed by atoms with van der Waals surface area (Å²) in [5.74, 6) is 1.48. The van der Waals surface area contributed by atoms with Gasteiger partial charge in [-0.15, -0.1) is 11.3 Å². The summed E-state index contributed by atoms with van der Waals surface area (Å²) in [6.07, 6.45) is -0.167. The molecule has 118 valence electrons. The van der Waals surface area contributed by atoms with Gasteiger partial charge in [-0.2, -0.15) is 0 Å². The molecule has 1 aliphatic heterocycles. The van der Waals surface area contributed by atoms with E-state index in [9.17, 15) is 13.0 Å². The van der Waals surface area contributed by atoms with Gasteiger partial charge in [0.2, 0.25) is 0 Å². The Kier molecular flexibility index (Phi) is 5.99. The SMILES string of the molecule is CN(CC1COc2cscc2O1)c1cccc(S(=O)(=O)[O-])c1.[Na+]. The van der Waals surface area contributed by atoms with E-state index in [1.165, 1.54) is 23.5 Å². The Bertz CT molecular complexity index is 777. The molecular weight excluding hydrogens is 349 g/mol. The van der Waals surface area contributed by atoms with E-state index in [0.717, 1.165) is 11.5 Å². The van der Waals surface area contributed by atoms with Crippen LogP contribution in [0.4, 0.5) is 5.69 Å². The molecule has 0 saturated carbocycles. The Hall–Kier alpha value is -0.770. The van der Waals surface area contributed by atoms with Crippen molar-refractivity contribution >= 4 is 27.1 Å². The summed E-state index contributed by atoms with van der Waals surface area (Å²) in [6.45, 7) is 0.936. The Labute approximate surface area is 161 Å². The average molecular weight is 363 g/mol. The van der Waals surface area contributed by atoms with Crippen molar-refractivity contribution in [1.29, 1.82) is 0 Å². The third-order valence-electron chi connectivity index (χ3n) is 3.34. The Morgan fingerprint density at radius 2 is 2.09 bits per heavy atom. The number of rotatable bonds is 4. The topological polar surface area (TPSA) is 78.9 Å². The number of anilines is 1. The summed E-state index contributed by atoms with van der Waals surface area (Å²) in [7, 11) is -2.65. The molecule has 6 nitrogen and oxygen atoms in total. The van der Waals surface area contributed by atoms with E-state index in [1.54, 1.807) is 12.1 Å². The van der Waals surface area contributed by atoms with Crippen LogP contribution < -0.4 is 43.9 Å². The van der Waals surface area contributed by atoms with E-state index in [1.807, 2.05) is 22.7 Å². The van der Waals surface area contributed by atoms with Gasteiger partial charge in [-0.1, -0.05) is 6.07 Å². The first kappa shape index (κ1) is 18.6. The van der Waals surface area contributed by atoms with Crippen LogP contribution in [-0.4, -0.2) is 39.3 Å². The standard InChI is InChI=1S/C14H15NO5S2.Na/c1-15(10-3-2-4-12(5-10)22(16,17)18)6-11-7-19-13-8-21-9-14(13)20-11;/h2-5,8-9,11H,6-7H2,1H3,(H,16,17,18);/q;+1/p-1. The molecule has 1 atom stereocenters. The molecule has 0 spiro atoms. The van der Waals surface area contributed by atoms with Crippen LogP contribution in [0.2, 0.25) is 0 Å². The van der Waals surface area contributed by atoms with Gasteiger partial charge in [0.15, 0.2) is 17.6 Å². The summed E-state index contributed by atoms with van der Waals surface area (Å²) < 4.78 is 44.7. The number of nitrogens with zero attached hydrogens (tertiary/aromatic N) is 1. The van der Waals surface area contributed by atoms with Gasteiger partial charge in [-0.05, 0) is 18.2 Å². The monoisotopic (exact) mass is 363 g/mol. The van der Waals surface area contributed by atoms with Crippen LogP contribution >= 0.6 is 11.3 Å². The average Bonchev–Trinajstić information content (AvgIpc) is 2.94. The van der Waals surface area contributed by atoms with Crippen molar-refractivity contribution < 1.29 is 52.0 Å². The normalized spacial score (nSPS) is 16.5. The van der Waals surface area contributed by atoms with E-state index in [0.29, 0.717) is 18.8 Å². The van der Waals surface area contributed by atoms with Crippen LogP contribution in [0.3, 0.4) is 0 Å². The number of thiophene rings is 1. The minimum absolute atomic E-state index is 0. The van der Waals surface area contributed by atoms with Crippen molar-refractivity contribution in [2.45, 2.75) is 11.0 Å². The first-order valence-corrected chi connectivity index (χ1v) is 8.91. The molecule has 1 aromatic carbocycles. The number of hydrogen-bond acceptors (Lipinski definition) is 7. The molecule has 3 rings (SSSR count). The second-order valence-corrected chi connectivity index (χ2v) is 7.11. The van der Waals surface area contributed by atoms with Crippen LogP contribution in [-0.2, 0) is 10.1 Å². The maximum Gasteiger partial charge on any atom is 1.00 e. The molecule has 9 heteroatoms. The number of fused-ring (bicyclic) bond motifs is 1. The molecule has 0 fully saturated rings. The first-order valence-electron chi connectivity index (χ1n) is 6.56. The molecule has 0 saturated heterocycles. The van der Waals surface area contributed by atoms with Gasteiger partial charge in [0.1, 0.15) is 16.7 Å². The third-order valence-corrected chi connectivity index (χ3v) is 4.87. The van der Waals surface area contributed by atoms with E-state index >= 15 is 0 Å². The van der Waals surface area contributed by atoms with Gasteiger partial charge in [-0.25, -0.2) is 8.42 Å². The molecule has 1 aromatic heterocycles. The quantitative estimate of drug-likeness (QED) is 0.509. The van der Waals surface area contributed by atoms with E-state index < -0.39 is 10.1 Å². The molecule has 0 radical (unpaired) electrons. The summed E-state index contributed by atoms with van der Waals surface area (Å²) in [4.78, 5) is 1.60. The van der Waals surface area contributed by atoms with Gasteiger partial charge in [-0.3, -0.25) is 0 Å². The molecule has 0 bridgehead atoms. The molecule has 1 aliphatic rings. The molecule has 0 amide bonds. The van der Waals surface area contributed by atoms with E-state index in [4.69, 9.17) is 9.47 Å². The summed E-state index contributed by atoms with van der Waals surface area (Å²) >= 11 is 1.51. The van der Waals surface area contributed by atoms with Gasteiger partial charge in [0.05, 0.1) is 11.4 Å². The molecule has 0 N–H and O–H groups in total. The van der Waals surface area contributed by atoms with Gasteiger partial charge in [0, 0.05) is 23.5 Å². The molecule has 2 heterocycles. The zero-order valence-electron chi connectivity index (χ0n) is 12.8. The van der Waals surface area contributed by atoms with Crippen molar-refractivity contribution in [2.24, 2.45) is 0 Å². The maximum atomic E-state index is 11.1. The fourth-order valence-corrected chi connectivity index (χ4v) is 3.42. The molecule has 23 heavy (non-hydrogen) atoms. The maximum absolute atomic E-state index is 11.1. The fraction of sp³-hybridized carbons (Fsp3) is 0.286. The second kappa shape index (κ2) is 7.42. The van der Waals surface area contributed by atoms with E-state index in [-0.39, 0.29) is 40.6 Å². The predicted octanol–water partition coefficient (Wildman–Crippen LogP) is -1.07. The summed E-state index contributed by atoms with van der Waals surface area (Å²) in [5, 5.41) is 3.77. The largest absolute Gasteiger partial charge is 1.00 e. The van der Waals surface area contributed by atoms with Gasteiger partial charge in [0.25, 0.3) is 0 Å². The Balaban J connectivity index is 0.00000192. The Morgan fingerprint density at radius 1 is 1.35 bits per heavy atom. The minimum Gasteiger partial charge on any atom is -0.744 e. The van der Waals surface area contributed by atoms with Crippen molar-refractivity contribution in [3.05, 3.63) is 35.0 Å². The fourth-order valence-electron chi connectivity index (χ4n) is 2.24. The van der Waals surface area contributed by atoms with Gasteiger partial charge >= 0.3 is 29.6 Å². The third kappa shape index (κ3) is 4.40. The van der Waals surface area contributed by atoms with Crippen molar-refractivity contribution in [3.8, 4) is 11.5 Å². The zero-order chi connectivity index (χ0) is 15.7. The van der Waals surface area contributed by atoms with Crippen LogP contribution in [0.15, 0.2) is 39.9 Å². The molecule has 0 aliphatic carbocycles. The summed E-state index contributed by atoms with van der Waals surface area (Å²) in [6, 6.07) is 5.94. The summed E-state index contributed by atoms with van der Waals surface area (Å²) in [5.41, 5.74) is 0.636. The second-order valence-electron chi connectivity index (χ2n) is 4.98. The number of benzene rings is 1. The van der Waals surface area contributed by atoms with Crippen LogP contribution in [0, 0.1) is 0 Å².